The van der Waals surface area contributed by atoms with Crippen LogP contribution < -0.4 is 4.90 Å². The van der Waals surface area contributed by atoms with Gasteiger partial charge in [-0.05, 0) is 37.6 Å². The zero-order valence-corrected chi connectivity index (χ0v) is 15.4. The van der Waals surface area contributed by atoms with Gasteiger partial charge < -0.3 is 0 Å². The number of aryl methyl sites for hydroxylation is 2. The Hall–Kier alpha value is -2.30. The maximum absolute atomic E-state index is 14.8. The van der Waals surface area contributed by atoms with E-state index < -0.39 is 22.5 Å². The minimum absolute atomic E-state index is 0.0145. The van der Waals surface area contributed by atoms with Gasteiger partial charge in [-0.2, -0.15) is 0 Å². The number of anilines is 2. The van der Waals surface area contributed by atoms with Crippen molar-refractivity contribution in [3.05, 3.63) is 52.9 Å². The Bertz CT molecular complexity index is 888. The molecule has 3 rings (SSSR count). The minimum atomic E-state index is -0.923. The summed E-state index contributed by atoms with van der Waals surface area (Å²) < 4.78 is 29.5. The van der Waals surface area contributed by atoms with Crippen molar-refractivity contribution < 1.29 is 13.6 Å². The summed E-state index contributed by atoms with van der Waals surface area (Å²) in [4.78, 5) is 18.9. The molecule has 132 valence electrons. The summed E-state index contributed by atoms with van der Waals surface area (Å²) in [6.07, 6.45) is 1.53. The predicted molar refractivity (Wildman–Crippen MR) is 94.0 cm³/mol. The van der Waals surface area contributed by atoms with E-state index in [2.05, 4.69) is 4.98 Å². The van der Waals surface area contributed by atoms with Crippen molar-refractivity contribution in [2.75, 3.05) is 4.90 Å². The highest BCUT2D eigenvalue weighted by atomic mass is 19.1. The molecule has 1 aliphatic rings. The van der Waals surface area contributed by atoms with Gasteiger partial charge in [0.2, 0.25) is 5.91 Å². The first kappa shape index (κ1) is 17.5. The van der Waals surface area contributed by atoms with Crippen molar-refractivity contribution in [3.8, 4) is 0 Å². The maximum Gasteiger partial charge on any atom is 0.238 e. The first-order valence-corrected chi connectivity index (χ1v) is 8.26. The normalized spacial score (nSPS) is 18.2. The number of benzene rings is 1. The lowest BCUT2D eigenvalue weighted by atomic mass is 9.60. The van der Waals surface area contributed by atoms with Crippen LogP contribution in [0.15, 0.2) is 24.4 Å². The molecule has 0 unspecified atom stereocenters. The molecule has 0 spiro atoms. The van der Waals surface area contributed by atoms with Crippen LogP contribution >= 0.6 is 0 Å². The van der Waals surface area contributed by atoms with Gasteiger partial charge in [-0.1, -0.05) is 27.7 Å². The fourth-order valence-corrected chi connectivity index (χ4v) is 3.31. The van der Waals surface area contributed by atoms with Crippen LogP contribution in [0, 0.1) is 30.9 Å². The van der Waals surface area contributed by atoms with Crippen LogP contribution in [-0.4, -0.2) is 10.9 Å². The average Bonchev–Trinajstić information content (AvgIpc) is 2.52. The Balaban J connectivity index is 2.39. The highest BCUT2D eigenvalue weighted by Crippen LogP contribution is 2.54. The molecule has 0 saturated heterocycles. The van der Waals surface area contributed by atoms with Crippen molar-refractivity contribution in [2.24, 2.45) is 5.41 Å². The molecule has 5 heteroatoms. The number of carbonyl (C=O) groups excluding carboxylic acids is 1. The number of hydrogen-bond acceptors (Lipinski definition) is 2. The molecule has 2 heterocycles. The van der Waals surface area contributed by atoms with E-state index in [-0.39, 0.29) is 17.2 Å². The van der Waals surface area contributed by atoms with E-state index in [1.807, 2.05) is 13.8 Å². The van der Waals surface area contributed by atoms with Gasteiger partial charge in [0.25, 0.3) is 0 Å². The first-order valence-electron chi connectivity index (χ1n) is 8.26. The van der Waals surface area contributed by atoms with E-state index >= 15 is 0 Å². The van der Waals surface area contributed by atoms with Crippen LogP contribution in [0.4, 0.5) is 20.2 Å². The lowest BCUT2D eigenvalue weighted by molar-refractivity contribution is -0.129. The van der Waals surface area contributed by atoms with Crippen LogP contribution in [0.3, 0.4) is 0 Å². The van der Waals surface area contributed by atoms with Crippen molar-refractivity contribution in [1.82, 2.24) is 4.98 Å². The molecule has 1 aromatic heterocycles. The second-order valence-corrected chi connectivity index (χ2v) is 7.74. The number of halogens is 2. The van der Waals surface area contributed by atoms with Crippen molar-refractivity contribution in [3.63, 3.8) is 0 Å². The largest absolute Gasteiger partial charge is 0.276 e. The minimum Gasteiger partial charge on any atom is -0.276 e. The number of pyridine rings is 1. The average molecular weight is 344 g/mol. The maximum atomic E-state index is 14.8. The molecular formula is C20H22F2N2O. The van der Waals surface area contributed by atoms with Gasteiger partial charge in [0.1, 0.15) is 11.6 Å². The number of carbonyl (C=O) groups is 1. The molecule has 0 N–H and O–H groups in total. The van der Waals surface area contributed by atoms with Gasteiger partial charge in [0.05, 0.1) is 23.0 Å². The SMILES string of the molecule is Cc1cc(N2C(=O)C(C)(C)C(C)(C)c3c(F)ccc(F)c32)cnc1C. The predicted octanol–water partition coefficient (Wildman–Crippen LogP) is 4.96. The molecule has 1 aliphatic heterocycles. The van der Waals surface area contributed by atoms with E-state index in [1.54, 1.807) is 33.8 Å². The highest BCUT2D eigenvalue weighted by Gasteiger charge is 2.54. The zero-order chi connectivity index (χ0) is 18.7. The van der Waals surface area contributed by atoms with Gasteiger partial charge in [0.15, 0.2) is 0 Å². The van der Waals surface area contributed by atoms with Gasteiger partial charge in [0, 0.05) is 16.7 Å². The highest BCUT2D eigenvalue weighted by molar-refractivity contribution is 6.07. The third-order valence-corrected chi connectivity index (χ3v) is 5.81. The van der Waals surface area contributed by atoms with E-state index in [0.717, 1.165) is 23.4 Å². The fourth-order valence-electron chi connectivity index (χ4n) is 3.31. The molecule has 1 amide bonds. The molecule has 0 aliphatic carbocycles. The van der Waals surface area contributed by atoms with Gasteiger partial charge in [-0.25, -0.2) is 8.78 Å². The van der Waals surface area contributed by atoms with Gasteiger partial charge in [-0.15, -0.1) is 0 Å². The van der Waals surface area contributed by atoms with E-state index in [0.29, 0.717) is 5.69 Å². The zero-order valence-electron chi connectivity index (χ0n) is 15.4. The molecule has 25 heavy (non-hydrogen) atoms. The number of nitrogens with zero attached hydrogens (tertiary/aromatic N) is 2. The number of amides is 1. The van der Waals surface area contributed by atoms with Gasteiger partial charge in [-0.3, -0.25) is 14.7 Å². The summed E-state index contributed by atoms with van der Waals surface area (Å²) in [5, 5.41) is 0. The lowest BCUT2D eigenvalue weighted by Gasteiger charge is -2.49. The summed E-state index contributed by atoms with van der Waals surface area (Å²) in [5.41, 5.74) is 0.569. The molecular weight excluding hydrogens is 322 g/mol. The lowest BCUT2D eigenvalue weighted by Crippen LogP contribution is -2.54. The Labute approximate surface area is 146 Å². The Morgan fingerprint density at radius 3 is 2.20 bits per heavy atom. The summed E-state index contributed by atoms with van der Waals surface area (Å²) in [7, 11) is 0. The third kappa shape index (κ3) is 2.29. The second kappa shape index (κ2) is 5.35. The van der Waals surface area contributed by atoms with Crippen LogP contribution in [0.5, 0.6) is 0 Å². The molecule has 0 fully saturated rings. The Morgan fingerprint density at radius 1 is 1.00 bits per heavy atom. The molecule has 3 nitrogen and oxygen atoms in total. The van der Waals surface area contributed by atoms with Gasteiger partial charge >= 0.3 is 0 Å². The molecule has 0 bridgehead atoms. The van der Waals surface area contributed by atoms with E-state index in [4.69, 9.17) is 0 Å². The third-order valence-electron chi connectivity index (χ3n) is 5.81. The summed E-state index contributed by atoms with van der Waals surface area (Å²) >= 11 is 0. The topological polar surface area (TPSA) is 33.2 Å². The quantitative estimate of drug-likeness (QED) is 0.733. The molecule has 0 saturated carbocycles. The summed E-state index contributed by atoms with van der Waals surface area (Å²) in [5.74, 6) is -1.41. The van der Waals surface area contributed by atoms with E-state index in [1.165, 1.54) is 11.1 Å². The number of rotatable bonds is 1. The standard InChI is InChI=1S/C20H22F2N2O/c1-11-9-13(10-23-12(11)2)24-17-15(22)8-7-14(21)16(17)19(3,4)20(5,6)18(24)25/h7-10H,1-6H3. The first-order chi connectivity index (χ1) is 11.5. The Morgan fingerprint density at radius 2 is 1.60 bits per heavy atom. The van der Waals surface area contributed by atoms with Crippen LogP contribution in [0.2, 0.25) is 0 Å². The molecule has 0 radical (unpaired) electrons. The smallest absolute Gasteiger partial charge is 0.238 e. The number of hydrogen-bond donors (Lipinski definition) is 0. The molecule has 2 aromatic rings. The summed E-state index contributed by atoms with van der Waals surface area (Å²) in [6, 6.07) is 3.97. The Kier molecular flexibility index (Phi) is 3.75. The fraction of sp³-hybridized carbons (Fsp3) is 0.400. The molecule has 0 atom stereocenters. The van der Waals surface area contributed by atoms with E-state index in [9.17, 15) is 13.6 Å². The van der Waals surface area contributed by atoms with Crippen LogP contribution in [0.25, 0.3) is 0 Å². The van der Waals surface area contributed by atoms with Crippen LogP contribution in [-0.2, 0) is 10.2 Å². The second-order valence-electron chi connectivity index (χ2n) is 7.74. The monoisotopic (exact) mass is 344 g/mol. The number of aromatic nitrogens is 1. The summed E-state index contributed by atoms with van der Waals surface area (Å²) in [6.45, 7) is 10.8. The number of fused-ring (bicyclic) bond motifs is 1. The van der Waals surface area contributed by atoms with Crippen molar-refractivity contribution in [1.29, 1.82) is 0 Å². The van der Waals surface area contributed by atoms with Crippen molar-refractivity contribution in [2.45, 2.75) is 47.0 Å². The van der Waals surface area contributed by atoms with Crippen molar-refractivity contribution >= 4 is 17.3 Å². The molecule has 1 aromatic carbocycles. The van der Waals surface area contributed by atoms with Crippen LogP contribution in [0.1, 0.15) is 44.5 Å².